The van der Waals surface area contributed by atoms with Crippen molar-refractivity contribution < 1.29 is 4.74 Å². The van der Waals surface area contributed by atoms with E-state index in [0.29, 0.717) is 12.2 Å². The van der Waals surface area contributed by atoms with Crippen LogP contribution >= 0.6 is 12.4 Å². The predicted octanol–water partition coefficient (Wildman–Crippen LogP) is 2.49. The van der Waals surface area contributed by atoms with Gasteiger partial charge in [-0.3, -0.25) is 0 Å². The van der Waals surface area contributed by atoms with Crippen molar-refractivity contribution in [2.75, 3.05) is 0 Å². The van der Waals surface area contributed by atoms with Crippen molar-refractivity contribution >= 4 is 12.4 Å². The second-order valence-electron chi connectivity index (χ2n) is 4.54. The minimum Gasteiger partial charge on any atom is -0.376 e. The highest BCUT2D eigenvalue weighted by molar-refractivity contribution is 5.85. The van der Waals surface area contributed by atoms with E-state index in [1.165, 1.54) is 0 Å². The molecule has 0 amide bonds. The van der Waals surface area contributed by atoms with Crippen molar-refractivity contribution in [3.63, 3.8) is 0 Å². The molecular weight excluding hydrogens is 186 g/mol. The second-order valence-corrected chi connectivity index (χ2v) is 4.54. The number of nitrogens with two attached hydrogens (primary N) is 1. The molecule has 0 aliphatic heterocycles. The first-order chi connectivity index (χ1) is 5.49. The van der Waals surface area contributed by atoms with Gasteiger partial charge in [-0.15, -0.1) is 12.4 Å². The summed E-state index contributed by atoms with van der Waals surface area (Å²) >= 11 is 0. The Balaban J connectivity index is 0.00000144. The Morgan fingerprint density at radius 2 is 1.77 bits per heavy atom. The lowest BCUT2D eigenvalue weighted by atomic mass is 9.83. The summed E-state index contributed by atoms with van der Waals surface area (Å²) in [5.74, 6) is 0. The smallest absolute Gasteiger partial charge is 0.0580 e. The van der Waals surface area contributed by atoms with E-state index in [-0.39, 0.29) is 17.9 Å². The van der Waals surface area contributed by atoms with Gasteiger partial charge in [-0.05, 0) is 46.5 Å². The Morgan fingerprint density at radius 3 is 2.15 bits per heavy atom. The zero-order valence-corrected chi connectivity index (χ0v) is 9.69. The molecule has 1 rings (SSSR count). The molecule has 1 aliphatic rings. The van der Waals surface area contributed by atoms with Gasteiger partial charge in [0.1, 0.15) is 0 Å². The van der Waals surface area contributed by atoms with Gasteiger partial charge in [-0.1, -0.05) is 0 Å². The molecule has 2 N–H and O–H groups in total. The molecule has 80 valence electrons. The average molecular weight is 208 g/mol. The highest BCUT2D eigenvalue weighted by Crippen LogP contribution is 2.27. The first kappa shape index (κ1) is 13.2. The summed E-state index contributed by atoms with van der Waals surface area (Å²) in [5, 5.41) is 0. The Hall–Kier alpha value is 0.210. The molecule has 1 aliphatic carbocycles. The van der Waals surface area contributed by atoms with Gasteiger partial charge in [0.05, 0.1) is 12.2 Å². The molecule has 0 aromatic heterocycles. The van der Waals surface area contributed by atoms with Gasteiger partial charge >= 0.3 is 0 Å². The van der Waals surface area contributed by atoms with Crippen LogP contribution < -0.4 is 5.73 Å². The van der Waals surface area contributed by atoms with Crippen LogP contribution in [0.4, 0.5) is 0 Å². The van der Waals surface area contributed by atoms with Crippen LogP contribution in [0.15, 0.2) is 0 Å². The molecular formula is C10H22ClNO. The van der Waals surface area contributed by atoms with E-state index in [1.54, 1.807) is 0 Å². The summed E-state index contributed by atoms with van der Waals surface area (Å²) in [5.41, 5.74) is 6.08. The van der Waals surface area contributed by atoms with E-state index in [1.807, 2.05) is 0 Å². The molecule has 0 unspecified atom stereocenters. The van der Waals surface area contributed by atoms with Crippen LogP contribution in [0.2, 0.25) is 0 Å². The summed E-state index contributed by atoms with van der Waals surface area (Å²) in [6.45, 7) is 6.32. The lowest BCUT2D eigenvalue weighted by molar-refractivity contribution is -0.0214. The Bertz CT molecular complexity index is 138. The third kappa shape index (κ3) is 4.84. The maximum absolute atomic E-state index is 6.02. The molecule has 0 aromatic rings. The highest BCUT2D eigenvalue weighted by atomic mass is 35.5. The summed E-state index contributed by atoms with van der Waals surface area (Å²) in [6, 6.07) is 0. The molecule has 13 heavy (non-hydrogen) atoms. The molecule has 0 heterocycles. The van der Waals surface area contributed by atoms with Gasteiger partial charge in [0.2, 0.25) is 0 Å². The van der Waals surface area contributed by atoms with Gasteiger partial charge in [0.15, 0.2) is 0 Å². The lowest BCUT2D eigenvalue weighted by Gasteiger charge is -2.34. The summed E-state index contributed by atoms with van der Waals surface area (Å²) in [4.78, 5) is 0. The van der Waals surface area contributed by atoms with Crippen molar-refractivity contribution in [2.45, 2.75) is 64.2 Å². The normalized spacial score (nSPS) is 34.4. The first-order valence-electron chi connectivity index (χ1n) is 4.94. The fraction of sp³-hybridized carbons (Fsp3) is 1.00. The van der Waals surface area contributed by atoms with Crippen LogP contribution in [0.5, 0.6) is 0 Å². The Labute approximate surface area is 87.6 Å². The molecule has 0 atom stereocenters. The predicted molar refractivity (Wildman–Crippen MR) is 58.3 cm³/mol. The zero-order valence-electron chi connectivity index (χ0n) is 8.88. The summed E-state index contributed by atoms with van der Waals surface area (Å²) in [6.07, 6.45) is 5.28. The van der Waals surface area contributed by atoms with Crippen LogP contribution in [-0.4, -0.2) is 17.7 Å². The molecule has 0 aromatic carbocycles. The number of halogens is 1. The molecule has 0 saturated heterocycles. The Morgan fingerprint density at radius 1 is 1.31 bits per heavy atom. The number of hydrogen-bond donors (Lipinski definition) is 1. The average Bonchev–Trinajstić information content (AvgIpc) is 1.93. The SMILES string of the molecule is CC(C)O[C@H]1CC[C@](C)(N)CC1.Cl. The molecule has 0 radical (unpaired) electrons. The minimum atomic E-state index is 0. The van der Waals surface area contributed by atoms with E-state index in [0.717, 1.165) is 25.7 Å². The molecule has 0 bridgehead atoms. The van der Waals surface area contributed by atoms with E-state index in [4.69, 9.17) is 10.5 Å². The van der Waals surface area contributed by atoms with Gasteiger partial charge in [-0.25, -0.2) is 0 Å². The standard InChI is InChI=1S/C10H21NO.ClH/c1-8(2)12-9-4-6-10(3,11)7-5-9;/h8-9H,4-7,11H2,1-3H3;1H/t9-,10-;. The Kier molecular flexibility index (Phi) is 5.26. The maximum Gasteiger partial charge on any atom is 0.0580 e. The van der Waals surface area contributed by atoms with Crippen molar-refractivity contribution in [1.82, 2.24) is 0 Å². The molecule has 0 spiro atoms. The van der Waals surface area contributed by atoms with Crippen LogP contribution in [0.25, 0.3) is 0 Å². The fourth-order valence-corrected chi connectivity index (χ4v) is 1.77. The van der Waals surface area contributed by atoms with Gasteiger partial charge in [0, 0.05) is 5.54 Å². The number of hydrogen-bond acceptors (Lipinski definition) is 2. The van der Waals surface area contributed by atoms with Crippen molar-refractivity contribution in [3.8, 4) is 0 Å². The van der Waals surface area contributed by atoms with Gasteiger partial charge in [0.25, 0.3) is 0 Å². The van der Waals surface area contributed by atoms with Crippen molar-refractivity contribution in [2.24, 2.45) is 5.73 Å². The van der Waals surface area contributed by atoms with Crippen molar-refractivity contribution in [1.29, 1.82) is 0 Å². The van der Waals surface area contributed by atoms with E-state index in [2.05, 4.69) is 20.8 Å². The largest absolute Gasteiger partial charge is 0.376 e. The topological polar surface area (TPSA) is 35.2 Å². The first-order valence-corrected chi connectivity index (χ1v) is 4.94. The molecule has 1 saturated carbocycles. The number of ether oxygens (including phenoxy) is 1. The van der Waals surface area contributed by atoms with E-state index >= 15 is 0 Å². The fourth-order valence-electron chi connectivity index (χ4n) is 1.77. The maximum atomic E-state index is 6.02. The van der Waals surface area contributed by atoms with Gasteiger partial charge in [-0.2, -0.15) is 0 Å². The van der Waals surface area contributed by atoms with E-state index < -0.39 is 0 Å². The highest BCUT2D eigenvalue weighted by Gasteiger charge is 2.27. The monoisotopic (exact) mass is 207 g/mol. The third-order valence-electron chi connectivity index (χ3n) is 2.54. The third-order valence-corrected chi connectivity index (χ3v) is 2.54. The van der Waals surface area contributed by atoms with Crippen LogP contribution in [0, 0.1) is 0 Å². The molecule has 3 heteroatoms. The molecule has 2 nitrogen and oxygen atoms in total. The summed E-state index contributed by atoms with van der Waals surface area (Å²) < 4.78 is 5.73. The van der Waals surface area contributed by atoms with Crippen molar-refractivity contribution in [3.05, 3.63) is 0 Å². The van der Waals surface area contributed by atoms with Crippen LogP contribution in [0.1, 0.15) is 46.5 Å². The second kappa shape index (κ2) is 5.18. The molecule has 1 fully saturated rings. The minimum absolute atomic E-state index is 0. The summed E-state index contributed by atoms with van der Waals surface area (Å²) in [7, 11) is 0. The quantitative estimate of drug-likeness (QED) is 0.755. The van der Waals surface area contributed by atoms with E-state index in [9.17, 15) is 0 Å². The number of rotatable bonds is 2. The zero-order chi connectivity index (χ0) is 9.19. The van der Waals surface area contributed by atoms with Gasteiger partial charge < -0.3 is 10.5 Å². The van der Waals surface area contributed by atoms with Crippen LogP contribution in [0.3, 0.4) is 0 Å². The van der Waals surface area contributed by atoms with Crippen LogP contribution in [-0.2, 0) is 4.74 Å². The lowest BCUT2D eigenvalue weighted by Crippen LogP contribution is -2.42.